The minimum absolute atomic E-state index is 0.0196. The molecule has 1 aromatic carbocycles. The molecule has 1 aromatic heterocycles. The highest BCUT2D eigenvalue weighted by Crippen LogP contribution is 2.24. The molecular weight excluding hydrogens is 370 g/mol. The van der Waals surface area contributed by atoms with Crippen molar-refractivity contribution < 1.29 is 4.79 Å². The number of nitrogens with one attached hydrogen (secondary N) is 1. The van der Waals surface area contributed by atoms with Gasteiger partial charge < -0.3 is 5.32 Å². The molecule has 0 aliphatic heterocycles. The third-order valence-electron chi connectivity index (χ3n) is 5.03. The molecule has 1 heterocycles. The van der Waals surface area contributed by atoms with Crippen LogP contribution >= 0.6 is 11.8 Å². The van der Waals surface area contributed by atoms with Crippen LogP contribution in [-0.2, 0) is 4.79 Å². The summed E-state index contributed by atoms with van der Waals surface area (Å²) in [6, 6.07) is 8.20. The van der Waals surface area contributed by atoms with E-state index in [0.29, 0.717) is 17.6 Å². The highest BCUT2D eigenvalue weighted by atomic mass is 32.2. The third-order valence-corrected chi connectivity index (χ3v) is 6.06. The predicted octanol–water partition coefficient (Wildman–Crippen LogP) is 4.27. The Labute approximate surface area is 171 Å². The van der Waals surface area contributed by atoms with E-state index in [4.69, 9.17) is 0 Å². The number of carbonyl (C=O) groups excluding carboxylic acids is 1. The Morgan fingerprint density at radius 3 is 2.68 bits per heavy atom. The molecule has 0 saturated heterocycles. The molecule has 1 amide bonds. The maximum Gasteiger partial charge on any atom is 0.233 e. The van der Waals surface area contributed by atoms with Crippen molar-refractivity contribution in [3.63, 3.8) is 0 Å². The number of nitrogens with zero attached hydrogens (tertiary/aromatic N) is 4. The summed E-state index contributed by atoms with van der Waals surface area (Å²) in [6.45, 7) is 6.91. The van der Waals surface area contributed by atoms with E-state index in [-0.39, 0.29) is 11.2 Å². The number of allylic oxidation sites excluding steroid dienone is 1. The number of thioether (sulfide) groups is 1. The number of carbonyl (C=O) groups is 1. The monoisotopic (exact) mass is 399 g/mol. The molecule has 7 heteroatoms. The minimum Gasteiger partial charge on any atom is -0.355 e. The molecule has 0 spiro atoms. The molecule has 0 fully saturated rings. The number of benzene rings is 1. The fourth-order valence-corrected chi connectivity index (χ4v) is 4.08. The molecule has 0 radical (unpaired) electrons. The van der Waals surface area contributed by atoms with Gasteiger partial charge in [0.15, 0.2) is 0 Å². The van der Waals surface area contributed by atoms with Gasteiger partial charge in [0.05, 0.1) is 10.9 Å². The Bertz CT molecular complexity index is 812. The fourth-order valence-electron chi connectivity index (χ4n) is 3.25. The van der Waals surface area contributed by atoms with E-state index >= 15 is 0 Å². The lowest BCUT2D eigenvalue weighted by atomic mass is 9.97. The number of tetrazole rings is 1. The molecule has 0 saturated carbocycles. The normalized spacial score (nSPS) is 15.4. The highest BCUT2D eigenvalue weighted by Gasteiger charge is 2.19. The van der Waals surface area contributed by atoms with E-state index in [1.165, 1.54) is 48.6 Å². The third kappa shape index (κ3) is 5.44. The van der Waals surface area contributed by atoms with Gasteiger partial charge in [0.25, 0.3) is 0 Å². The lowest BCUT2D eigenvalue weighted by molar-refractivity contribution is -0.120. The van der Waals surface area contributed by atoms with Gasteiger partial charge in [0, 0.05) is 6.54 Å². The van der Waals surface area contributed by atoms with Gasteiger partial charge in [-0.15, -0.1) is 5.10 Å². The second-order valence-corrected chi connectivity index (χ2v) is 8.84. The van der Waals surface area contributed by atoms with Gasteiger partial charge in [-0.2, -0.15) is 4.68 Å². The van der Waals surface area contributed by atoms with Crippen molar-refractivity contribution in [1.29, 1.82) is 0 Å². The highest BCUT2D eigenvalue weighted by molar-refractivity contribution is 8.00. The van der Waals surface area contributed by atoms with Crippen LogP contribution in [0.4, 0.5) is 0 Å². The quantitative estimate of drug-likeness (QED) is 0.530. The Balaban J connectivity index is 1.55. The predicted molar refractivity (Wildman–Crippen MR) is 113 cm³/mol. The topological polar surface area (TPSA) is 72.7 Å². The van der Waals surface area contributed by atoms with Crippen molar-refractivity contribution in [3.8, 4) is 5.69 Å². The van der Waals surface area contributed by atoms with Crippen LogP contribution in [0.25, 0.3) is 5.69 Å². The first-order valence-corrected chi connectivity index (χ1v) is 10.9. The number of rotatable bonds is 8. The molecule has 1 unspecified atom stereocenters. The molecule has 1 atom stereocenters. The summed E-state index contributed by atoms with van der Waals surface area (Å²) < 4.78 is 1.69. The van der Waals surface area contributed by atoms with Crippen molar-refractivity contribution in [2.75, 3.05) is 6.54 Å². The Kier molecular flexibility index (Phi) is 7.25. The van der Waals surface area contributed by atoms with Crippen LogP contribution in [-0.4, -0.2) is 37.9 Å². The summed E-state index contributed by atoms with van der Waals surface area (Å²) in [5.74, 6) is 0.496. The number of hydrogen-bond acceptors (Lipinski definition) is 5. The van der Waals surface area contributed by atoms with E-state index in [9.17, 15) is 4.79 Å². The van der Waals surface area contributed by atoms with Gasteiger partial charge in [-0.25, -0.2) is 0 Å². The number of hydrogen-bond donors (Lipinski definition) is 1. The SMILES string of the molecule is CC(Sc1nnnn1-c1ccc(C(C)C)cc1)C(=O)NCCC1=CCCCC1. The molecule has 1 aliphatic carbocycles. The number of aromatic nitrogens is 4. The zero-order valence-corrected chi connectivity index (χ0v) is 17.7. The molecule has 28 heavy (non-hydrogen) atoms. The largest absolute Gasteiger partial charge is 0.355 e. The lowest BCUT2D eigenvalue weighted by Gasteiger charge is -2.15. The maximum absolute atomic E-state index is 12.4. The van der Waals surface area contributed by atoms with Gasteiger partial charge in [-0.05, 0) is 73.1 Å². The average Bonchev–Trinajstić information content (AvgIpc) is 3.16. The summed E-state index contributed by atoms with van der Waals surface area (Å²) in [6.07, 6.45) is 8.18. The Morgan fingerprint density at radius 2 is 2.00 bits per heavy atom. The van der Waals surface area contributed by atoms with Gasteiger partial charge in [-0.1, -0.05) is 49.4 Å². The fraction of sp³-hybridized carbons (Fsp3) is 0.524. The van der Waals surface area contributed by atoms with Gasteiger partial charge >= 0.3 is 0 Å². The van der Waals surface area contributed by atoms with E-state index in [0.717, 1.165) is 12.1 Å². The maximum atomic E-state index is 12.4. The molecule has 2 aromatic rings. The lowest BCUT2D eigenvalue weighted by Crippen LogP contribution is -2.32. The second-order valence-electron chi connectivity index (χ2n) is 7.53. The first-order valence-electron chi connectivity index (χ1n) is 10.1. The smallest absolute Gasteiger partial charge is 0.233 e. The summed E-state index contributed by atoms with van der Waals surface area (Å²) >= 11 is 1.38. The zero-order chi connectivity index (χ0) is 19.9. The van der Waals surface area contributed by atoms with Gasteiger partial charge in [0.1, 0.15) is 0 Å². The summed E-state index contributed by atoms with van der Waals surface area (Å²) in [5.41, 5.74) is 3.64. The van der Waals surface area contributed by atoms with Gasteiger partial charge in [0.2, 0.25) is 11.1 Å². The first-order chi connectivity index (χ1) is 13.5. The van der Waals surface area contributed by atoms with Crippen LogP contribution in [0.2, 0.25) is 0 Å². The van der Waals surface area contributed by atoms with Crippen LogP contribution < -0.4 is 5.32 Å². The average molecular weight is 400 g/mol. The number of amides is 1. The second kappa shape index (κ2) is 9.87. The molecule has 150 valence electrons. The van der Waals surface area contributed by atoms with E-state index < -0.39 is 0 Å². The standard InChI is InChI=1S/C21H29N5OS/c1-15(2)18-9-11-19(12-10-18)26-21(23-24-25-26)28-16(3)20(27)22-14-13-17-7-5-4-6-8-17/h7,9-12,15-16H,4-6,8,13-14H2,1-3H3,(H,22,27). The van der Waals surface area contributed by atoms with Gasteiger partial charge in [-0.3, -0.25) is 4.79 Å². The zero-order valence-electron chi connectivity index (χ0n) is 16.9. The Hall–Kier alpha value is -2.15. The molecular formula is C21H29N5OS. The summed E-state index contributed by atoms with van der Waals surface area (Å²) in [4.78, 5) is 12.4. The molecule has 3 rings (SSSR count). The van der Waals surface area contributed by atoms with Crippen LogP contribution in [0.1, 0.15) is 64.4 Å². The van der Waals surface area contributed by atoms with Crippen LogP contribution in [0.3, 0.4) is 0 Å². The molecule has 1 aliphatic rings. The van der Waals surface area contributed by atoms with E-state index in [1.54, 1.807) is 4.68 Å². The molecule has 0 bridgehead atoms. The van der Waals surface area contributed by atoms with Crippen molar-refractivity contribution in [2.45, 2.75) is 69.2 Å². The van der Waals surface area contributed by atoms with Crippen molar-refractivity contribution in [3.05, 3.63) is 41.5 Å². The van der Waals surface area contributed by atoms with Crippen LogP contribution in [0.15, 0.2) is 41.1 Å². The molecule has 1 N–H and O–H groups in total. The van der Waals surface area contributed by atoms with E-state index in [1.807, 2.05) is 19.1 Å². The summed E-state index contributed by atoms with van der Waals surface area (Å²) in [5, 5.41) is 15.4. The first kappa shape index (κ1) is 20.6. The minimum atomic E-state index is -0.264. The van der Waals surface area contributed by atoms with Crippen molar-refractivity contribution in [1.82, 2.24) is 25.5 Å². The van der Waals surface area contributed by atoms with Crippen LogP contribution in [0, 0.1) is 0 Å². The van der Waals surface area contributed by atoms with E-state index in [2.05, 4.69) is 52.9 Å². The van der Waals surface area contributed by atoms with Crippen molar-refractivity contribution >= 4 is 17.7 Å². The van der Waals surface area contributed by atoms with Crippen LogP contribution in [0.5, 0.6) is 0 Å². The molecule has 6 nitrogen and oxygen atoms in total. The van der Waals surface area contributed by atoms with Crippen molar-refractivity contribution in [2.24, 2.45) is 0 Å². The summed E-state index contributed by atoms with van der Waals surface area (Å²) in [7, 11) is 0. The Morgan fingerprint density at radius 1 is 1.21 bits per heavy atom.